The summed E-state index contributed by atoms with van der Waals surface area (Å²) in [6.45, 7) is 0. The summed E-state index contributed by atoms with van der Waals surface area (Å²) in [6, 6.07) is 9.81. The molecule has 1 aliphatic carbocycles. The molecule has 4 heteroatoms. The number of carbonyl (C=O) groups excluding carboxylic acids is 1. The molecule has 1 aromatic heterocycles. The van der Waals surface area contributed by atoms with Crippen LogP contribution in [-0.2, 0) is 11.2 Å². The van der Waals surface area contributed by atoms with E-state index in [1.165, 1.54) is 12.7 Å². The maximum Gasteiger partial charge on any atom is 0.354 e. The monoisotopic (exact) mass is 283 g/mol. The normalized spacial score (nSPS) is 15.0. The van der Waals surface area contributed by atoms with Crippen molar-refractivity contribution in [3.05, 3.63) is 52.8 Å². The number of benzene rings is 1. The van der Waals surface area contributed by atoms with Gasteiger partial charge in [-0.3, -0.25) is 0 Å². The smallest absolute Gasteiger partial charge is 0.354 e. The van der Waals surface area contributed by atoms with Crippen LogP contribution in [0.4, 0.5) is 0 Å². The van der Waals surface area contributed by atoms with Gasteiger partial charge in [0, 0.05) is 5.69 Å². The molecule has 0 spiro atoms. The third-order valence-electron chi connectivity index (χ3n) is 3.73. The maximum atomic E-state index is 11.6. The summed E-state index contributed by atoms with van der Waals surface area (Å²) in [5.74, 6) is 0.511. The molecule has 0 fully saturated rings. The lowest BCUT2D eigenvalue weighted by molar-refractivity contribution is 0.0594. The van der Waals surface area contributed by atoms with E-state index in [0.717, 1.165) is 35.4 Å². The largest absolute Gasteiger partial charge is 0.497 e. The molecule has 3 rings (SSSR count). The minimum Gasteiger partial charge on any atom is -0.497 e. The third kappa shape index (κ3) is 2.57. The van der Waals surface area contributed by atoms with Crippen LogP contribution in [0.1, 0.15) is 33.7 Å². The Hall–Kier alpha value is -2.49. The summed E-state index contributed by atoms with van der Waals surface area (Å²) in [4.78, 5) is 14.7. The van der Waals surface area contributed by atoms with Crippen LogP contribution in [0, 0.1) is 0 Å². The first-order valence-electron chi connectivity index (χ1n) is 6.86. The van der Waals surface area contributed by atoms with Crippen LogP contribution in [-0.4, -0.2) is 25.2 Å². The van der Waals surface area contributed by atoms with Gasteiger partial charge in [-0.05, 0) is 47.7 Å². The van der Waals surface area contributed by atoms with Gasteiger partial charge in [0.1, 0.15) is 11.4 Å². The fourth-order valence-corrected chi connectivity index (χ4v) is 2.68. The van der Waals surface area contributed by atoms with E-state index in [4.69, 9.17) is 9.47 Å². The number of H-pyrrole nitrogens is 1. The van der Waals surface area contributed by atoms with Crippen LogP contribution >= 0.6 is 0 Å². The van der Waals surface area contributed by atoms with Crippen molar-refractivity contribution in [2.24, 2.45) is 0 Å². The van der Waals surface area contributed by atoms with Crippen molar-refractivity contribution in [2.75, 3.05) is 14.2 Å². The molecular formula is C17H17NO3. The van der Waals surface area contributed by atoms with Crippen LogP contribution < -0.4 is 4.74 Å². The zero-order chi connectivity index (χ0) is 14.8. The van der Waals surface area contributed by atoms with Crippen molar-refractivity contribution in [3.8, 4) is 5.75 Å². The molecule has 4 nitrogen and oxygen atoms in total. The molecular weight excluding hydrogens is 266 g/mol. The average molecular weight is 283 g/mol. The van der Waals surface area contributed by atoms with E-state index in [0.29, 0.717) is 5.69 Å². The Morgan fingerprint density at radius 1 is 1.24 bits per heavy atom. The summed E-state index contributed by atoms with van der Waals surface area (Å²) < 4.78 is 9.99. The first kappa shape index (κ1) is 13.5. The number of carbonyl (C=O) groups is 1. The number of esters is 1. The highest BCUT2D eigenvalue weighted by molar-refractivity contribution is 5.92. The lowest BCUT2D eigenvalue weighted by atomic mass is 10.1. The summed E-state index contributed by atoms with van der Waals surface area (Å²) >= 11 is 0. The Morgan fingerprint density at radius 2 is 2.10 bits per heavy atom. The van der Waals surface area contributed by atoms with Gasteiger partial charge < -0.3 is 14.5 Å². The van der Waals surface area contributed by atoms with E-state index in [1.807, 2.05) is 30.3 Å². The molecule has 108 valence electrons. The predicted octanol–water partition coefficient (Wildman–Crippen LogP) is 3.30. The SMILES string of the molecule is COC(=O)c1cc2c([nH]1)CC/C2=C/c1cccc(OC)c1. The third-order valence-corrected chi connectivity index (χ3v) is 3.73. The lowest BCUT2D eigenvalue weighted by Gasteiger charge is -2.02. The van der Waals surface area contributed by atoms with Crippen LogP contribution in [0.3, 0.4) is 0 Å². The first-order chi connectivity index (χ1) is 10.2. The van der Waals surface area contributed by atoms with Crippen LogP contribution in [0.2, 0.25) is 0 Å². The number of ether oxygens (including phenoxy) is 2. The zero-order valence-corrected chi connectivity index (χ0v) is 12.1. The fourth-order valence-electron chi connectivity index (χ4n) is 2.68. The van der Waals surface area contributed by atoms with E-state index in [2.05, 4.69) is 11.1 Å². The molecule has 2 aromatic rings. The molecule has 1 N–H and O–H groups in total. The Labute approximate surface area is 123 Å². The standard InChI is InChI=1S/C17H17NO3/c1-20-13-5-3-4-11(9-13)8-12-6-7-15-14(12)10-16(18-15)17(19)21-2/h3-5,8-10,18H,6-7H2,1-2H3/b12-8-. The van der Waals surface area contributed by atoms with Gasteiger partial charge in [-0.15, -0.1) is 0 Å². The molecule has 1 aromatic carbocycles. The molecule has 0 bridgehead atoms. The summed E-state index contributed by atoms with van der Waals surface area (Å²) in [7, 11) is 3.05. The number of nitrogens with one attached hydrogen (secondary N) is 1. The zero-order valence-electron chi connectivity index (χ0n) is 12.1. The van der Waals surface area contributed by atoms with Crippen LogP contribution in [0.5, 0.6) is 5.75 Å². The Morgan fingerprint density at radius 3 is 2.86 bits per heavy atom. The highest BCUT2D eigenvalue weighted by Gasteiger charge is 2.21. The molecule has 0 radical (unpaired) electrons. The molecule has 0 saturated heterocycles. The number of aromatic nitrogens is 1. The van der Waals surface area contributed by atoms with Gasteiger partial charge in [0.15, 0.2) is 0 Å². The molecule has 0 atom stereocenters. The summed E-state index contributed by atoms with van der Waals surface area (Å²) in [5, 5.41) is 0. The lowest BCUT2D eigenvalue weighted by Crippen LogP contribution is -2.01. The second-order valence-electron chi connectivity index (χ2n) is 5.01. The number of allylic oxidation sites excluding steroid dienone is 1. The molecule has 0 amide bonds. The molecule has 1 aliphatic rings. The van der Waals surface area contributed by atoms with Crippen molar-refractivity contribution in [3.63, 3.8) is 0 Å². The molecule has 0 unspecified atom stereocenters. The van der Waals surface area contributed by atoms with Crippen LogP contribution in [0.25, 0.3) is 11.6 Å². The second kappa shape index (κ2) is 5.48. The van der Waals surface area contributed by atoms with E-state index < -0.39 is 0 Å². The first-order valence-corrected chi connectivity index (χ1v) is 6.86. The van der Waals surface area contributed by atoms with Gasteiger partial charge in [0.05, 0.1) is 14.2 Å². The van der Waals surface area contributed by atoms with Gasteiger partial charge >= 0.3 is 5.97 Å². The van der Waals surface area contributed by atoms with Gasteiger partial charge in [-0.1, -0.05) is 18.2 Å². The van der Waals surface area contributed by atoms with Gasteiger partial charge in [-0.25, -0.2) is 4.79 Å². The number of hydrogen-bond acceptors (Lipinski definition) is 3. The van der Waals surface area contributed by atoms with E-state index in [1.54, 1.807) is 7.11 Å². The highest BCUT2D eigenvalue weighted by atomic mass is 16.5. The number of hydrogen-bond donors (Lipinski definition) is 1. The number of rotatable bonds is 3. The van der Waals surface area contributed by atoms with E-state index in [-0.39, 0.29) is 5.97 Å². The Bertz CT molecular complexity index is 713. The Kier molecular flexibility index (Phi) is 3.52. The van der Waals surface area contributed by atoms with Crippen LogP contribution in [0.15, 0.2) is 30.3 Å². The van der Waals surface area contributed by atoms with Crippen molar-refractivity contribution in [2.45, 2.75) is 12.8 Å². The fraction of sp³-hybridized carbons (Fsp3) is 0.235. The van der Waals surface area contributed by atoms with Crippen molar-refractivity contribution in [1.82, 2.24) is 4.98 Å². The predicted molar refractivity (Wildman–Crippen MR) is 81.3 cm³/mol. The number of methoxy groups -OCH3 is 2. The summed E-state index contributed by atoms with van der Waals surface area (Å²) in [6.07, 6.45) is 4.03. The minimum absolute atomic E-state index is 0.329. The van der Waals surface area contributed by atoms with E-state index >= 15 is 0 Å². The molecule has 1 heterocycles. The topological polar surface area (TPSA) is 51.3 Å². The summed E-state index contributed by atoms with van der Waals surface area (Å²) in [5.41, 5.74) is 5.05. The van der Waals surface area contributed by atoms with Gasteiger partial charge in [0.2, 0.25) is 0 Å². The molecule has 0 saturated carbocycles. The minimum atomic E-state index is -0.329. The molecule has 21 heavy (non-hydrogen) atoms. The molecule has 0 aliphatic heterocycles. The van der Waals surface area contributed by atoms with Gasteiger partial charge in [-0.2, -0.15) is 0 Å². The second-order valence-corrected chi connectivity index (χ2v) is 5.01. The van der Waals surface area contributed by atoms with Crippen molar-refractivity contribution >= 4 is 17.6 Å². The average Bonchev–Trinajstić information content (AvgIpc) is 3.09. The number of fused-ring (bicyclic) bond motifs is 1. The number of aromatic amines is 1. The highest BCUT2D eigenvalue weighted by Crippen LogP contribution is 2.34. The van der Waals surface area contributed by atoms with Crippen molar-refractivity contribution in [1.29, 1.82) is 0 Å². The Balaban J connectivity index is 1.94. The quantitative estimate of drug-likeness (QED) is 0.879. The van der Waals surface area contributed by atoms with E-state index in [9.17, 15) is 4.79 Å². The van der Waals surface area contributed by atoms with Crippen molar-refractivity contribution < 1.29 is 14.3 Å². The number of aryl methyl sites for hydroxylation is 1. The van der Waals surface area contributed by atoms with Gasteiger partial charge in [0.25, 0.3) is 0 Å². The maximum absolute atomic E-state index is 11.6.